The van der Waals surface area contributed by atoms with Crippen molar-refractivity contribution in [3.8, 4) is 6.07 Å². The molecule has 1 unspecified atom stereocenters. The van der Waals surface area contributed by atoms with Crippen molar-refractivity contribution in [2.75, 3.05) is 0 Å². The summed E-state index contributed by atoms with van der Waals surface area (Å²) in [6, 6.07) is 10.9. The Labute approximate surface area is 137 Å². The van der Waals surface area contributed by atoms with Crippen LogP contribution in [0.1, 0.15) is 22.4 Å². The van der Waals surface area contributed by atoms with Crippen LogP contribution in [0.5, 0.6) is 0 Å². The van der Waals surface area contributed by atoms with Gasteiger partial charge in [-0.05, 0) is 17.0 Å². The highest BCUT2D eigenvalue weighted by Gasteiger charge is 2.42. The minimum Gasteiger partial charge on any atom is -0.244 e. The van der Waals surface area contributed by atoms with Crippen LogP contribution < -0.4 is 0 Å². The molecule has 1 aromatic carbocycles. The zero-order chi connectivity index (χ0) is 16.7. The fraction of sp³-hybridized carbons (Fsp3) is 0.125. The standard InChI is InChI=1S/C16H10ClF3N2S/c17-23(10-11-4-2-1-3-5-11)7-6-12-14(8-21)22-9-13(15(12)23)16(18,19)20/h1-7,9H,10H2. The highest BCUT2D eigenvalue weighted by atomic mass is 35.7. The van der Waals surface area contributed by atoms with Crippen LogP contribution >= 0.6 is 19.9 Å². The zero-order valence-corrected chi connectivity index (χ0v) is 13.2. The monoisotopic (exact) mass is 354 g/mol. The van der Waals surface area contributed by atoms with Gasteiger partial charge in [0.1, 0.15) is 11.8 Å². The Kier molecular flexibility index (Phi) is 3.86. The van der Waals surface area contributed by atoms with Crippen molar-refractivity contribution >= 4 is 26.0 Å². The van der Waals surface area contributed by atoms with E-state index in [2.05, 4.69) is 4.98 Å². The lowest BCUT2D eigenvalue weighted by Gasteiger charge is -2.30. The van der Waals surface area contributed by atoms with Gasteiger partial charge in [-0.2, -0.15) is 18.4 Å². The molecule has 0 spiro atoms. The van der Waals surface area contributed by atoms with E-state index < -0.39 is 21.0 Å². The number of aromatic nitrogens is 1. The first kappa shape index (κ1) is 15.9. The number of alkyl halides is 3. The number of fused-ring (bicyclic) bond motifs is 1. The summed E-state index contributed by atoms with van der Waals surface area (Å²) < 4.78 is 40.1. The first-order valence-corrected chi connectivity index (χ1v) is 9.27. The molecule has 0 N–H and O–H groups in total. The lowest BCUT2D eigenvalue weighted by molar-refractivity contribution is -0.140. The Morgan fingerprint density at radius 3 is 2.52 bits per heavy atom. The summed E-state index contributed by atoms with van der Waals surface area (Å²) in [5.41, 5.74) is 0.131. The maximum absolute atomic E-state index is 13.4. The molecule has 0 saturated heterocycles. The summed E-state index contributed by atoms with van der Waals surface area (Å²) in [6.45, 7) is 0. The molecule has 3 rings (SSSR count). The molecule has 0 bridgehead atoms. The Balaban J connectivity index is 2.17. The maximum atomic E-state index is 13.4. The van der Waals surface area contributed by atoms with Crippen molar-refractivity contribution in [3.05, 3.63) is 64.3 Å². The predicted octanol–water partition coefficient (Wildman–Crippen LogP) is 5.47. The van der Waals surface area contributed by atoms with Gasteiger partial charge in [0.25, 0.3) is 0 Å². The minimum atomic E-state index is -4.57. The van der Waals surface area contributed by atoms with Crippen LogP contribution in [0.25, 0.3) is 6.08 Å². The normalized spacial score (nSPS) is 22.2. The molecule has 23 heavy (non-hydrogen) atoms. The fourth-order valence-corrected chi connectivity index (χ4v) is 6.00. The predicted molar refractivity (Wildman–Crippen MR) is 84.8 cm³/mol. The Morgan fingerprint density at radius 1 is 1.22 bits per heavy atom. The number of nitrogens with zero attached hydrogens (tertiary/aromatic N) is 2. The number of nitriles is 1. The van der Waals surface area contributed by atoms with E-state index in [0.717, 1.165) is 5.56 Å². The molecule has 0 radical (unpaired) electrons. The number of benzene rings is 1. The van der Waals surface area contributed by atoms with Crippen LogP contribution in [0.4, 0.5) is 13.2 Å². The van der Waals surface area contributed by atoms with Gasteiger partial charge in [-0.1, -0.05) is 41.0 Å². The molecule has 2 heterocycles. The molecule has 1 atom stereocenters. The van der Waals surface area contributed by atoms with E-state index in [9.17, 15) is 13.2 Å². The molecule has 2 aromatic rings. The average molecular weight is 355 g/mol. The molecule has 1 aliphatic heterocycles. The lowest BCUT2D eigenvalue weighted by Crippen LogP contribution is -2.12. The van der Waals surface area contributed by atoms with Gasteiger partial charge in [0, 0.05) is 22.4 Å². The van der Waals surface area contributed by atoms with Gasteiger partial charge in [-0.15, -0.1) is 9.24 Å². The second-order valence-corrected chi connectivity index (χ2v) is 9.04. The van der Waals surface area contributed by atoms with Gasteiger partial charge in [0.05, 0.1) is 5.56 Å². The van der Waals surface area contributed by atoms with Crippen LogP contribution in [-0.4, -0.2) is 4.98 Å². The Hall–Kier alpha value is -1.97. The molecule has 0 amide bonds. The summed E-state index contributed by atoms with van der Waals surface area (Å²) in [5.74, 6) is 0.275. The number of halogens is 4. The van der Waals surface area contributed by atoms with Gasteiger partial charge < -0.3 is 0 Å². The van der Waals surface area contributed by atoms with Gasteiger partial charge in [0.15, 0.2) is 0 Å². The van der Waals surface area contributed by atoms with E-state index in [0.29, 0.717) is 6.20 Å². The quantitative estimate of drug-likeness (QED) is 0.716. The smallest absolute Gasteiger partial charge is 0.244 e. The molecule has 1 aliphatic rings. The molecule has 0 saturated carbocycles. The van der Waals surface area contributed by atoms with Gasteiger partial charge >= 0.3 is 6.18 Å². The highest BCUT2D eigenvalue weighted by molar-refractivity contribution is 8.52. The second kappa shape index (κ2) is 5.59. The summed E-state index contributed by atoms with van der Waals surface area (Å²) >= 11 is 0. The fourth-order valence-electron chi connectivity index (χ4n) is 2.50. The first-order valence-electron chi connectivity index (χ1n) is 6.58. The summed E-state index contributed by atoms with van der Waals surface area (Å²) in [6.07, 6.45) is -2.37. The van der Waals surface area contributed by atoms with Crippen molar-refractivity contribution < 1.29 is 13.2 Å². The zero-order valence-electron chi connectivity index (χ0n) is 11.6. The summed E-state index contributed by atoms with van der Waals surface area (Å²) in [5, 5.41) is 10.7. The average Bonchev–Trinajstić information content (AvgIpc) is 2.84. The molecule has 0 aliphatic carbocycles. The molecular formula is C16H10ClF3N2S. The van der Waals surface area contributed by atoms with E-state index in [1.807, 2.05) is 36.4 Å². The van der Waals surface area contributed by atoms with Gasteiger partial charge in [0.2, 0.25) is 0 Å². The van der Waals surface area contributed by atoms with E-state index in [1.165, 1.54) is 6.08 Å². The van der Waals surface area contributed by atoms with E-state index in [-0.39, 0.29) is 21.9 Å². The van der Waals surface area contributed by atoms with E-state index in [4.69, 9.17) is 15.9 Å². The topological polar surface area (TPSA) is 36.7 Å². The second-order valence-electron chi connectivity index (χ2n) is 5.01. The summed E-state index contributed by atoms with van der Waals surface area (Å²) in [4.78, 5) is 3.62. The van der Waals surface area contributed by atoms with Crippen molar-refractivity contribution in [1.82, 2.24) is 4.98 Å². The van der Waals surface area contributed by atoms with Gasteiger partial charge in [-0.25, -0.2) is 4.98 Å². The SMILES string of the molecule is N#Cc1ncc(C(F)(F)F)c2c1C=CS2(Cl)Cc1ccccc1. The van der Waals surface area contributed by atoms with Gasteiger partial charge in [-0.3, -0.25) is 0 Å². The molecule has 0 fully saturated rings. The molecule has 7 heteroatoms. The molecule has 2 nitrogen and oxygen atoms in total. The van der Waals surface area contributed by atoms with Crippen LogP contribution in [0, 0.1) is 11.3 Å². The molecular weight excluding hydrogens is 345 g/mol. The Morgan fingerprint density at radius 2 is 1.91 bits per heavy atom. The van der Waals surface area contributed by atoms with Crippen molar-refractivity contribution in [3.63, 3.8) is 0 Å². The maximum Gasteiger partial charge on any atom is 0.418 e. The lowest BCUT2D eigenvalue weighted by atomic mass is 10.1. The first-order chi connectivity index (χ1) is 10.8. The molecule has 118 valence electrons. The van der Waals surface area contributed by atoms with E-state index in [1.54, 1.807) is 5.41 Å². The van der Waals surface area contributed by atoms with Crippen LogP contribution in [0.2, 0.25) is 0 Å². The Bertz CT molecular complexity index is 828. The number of hydrogen-bond acceptors (Lipinski definition) is 2. The number of hydrogen-bond donors (Lipinski definition) is 0. The van der Waals surface area contributed by atoms with Crippen LogP contribution in [0.15, 0.2) is 46.8 Å². The molecule has 1 aromatic heterocycles. The third-order valence-corrected chi connectivity index (χ3v) is 7.03. The van der Waals surface area contributed by atoms with Crippen molar-refractivity contribution in [2.24, 2.45) is 0 Å². The highest BCUT2D eigenvalue weighted by Crippen LogP contribution is 2.70. The van der Waals surface area contributed by atoms with Crippen LogP contribution in [-0.2, 0) is 11.9 Å². The third-order valence-electron chi connectivity index (χ3n) is 3.49. The third kappa shape index (κ3) is 2.82. The number of rotatable bonds is 2. The number of pyridine rings is 1. The van der Waals surface area contributed by atoms with E-state index >= 15 is 0 Å². The van der Waals surface area contributed by atoms with Crippen molar-refractivity contribution in [1.29, 1.82) is 5.26 Å². The largest absolute Gasteiger partial charge is 0.418 e. The summed E-state index contributed by atoms with van der Waals surface area (Å²) in [7, 11) is 4.25. The van der Waals surface area contributed by atoms with Crippen molar-refractivity contribution in [2.45, 2.75) is 16.8 Å². The van der Waals surface area contributed by atoms with Crippen LogP contribution in [0.3, 0.4) is 0 Å². The minimum absolute atomic E-state index is 0.0120.